The molecule has 0 saturated heterocycles. The molecule has 0 spiro atoms. The van der Waals surface area contributed by atoms with Crippen LogP contribution in [-0.2, 0) is 12.7 Å². The Balaban J connectivity index is 2.00. The van der Waals surface area contributed by atoms with Crippen molar-refractivity contribution in [2.75, 3.05) is 11.9 Å². The summed E-state index contributed by atoms with van der Waals surface area (Å²) in [5.74, 6) is -1.81. The van der Waals surface area contributed by atoms with Crippen molar-refractivity contribution in [3.8, 4) is 0 Å². The number of imidazole rings is 1. The smallest absolute Gasteiger partial charge is 0.353 e. The number of alkyl halides is 3. The van der Waals surface area contributed by atoms with Crippen LogP contribution in [0, 0.1) is 5.82 Å². The van der Waals surface area contributed by atoms with Gasteiger partial charge in [-0.25, -0.2) is 19.3 Å². The van der Waals surface area contributed by atoms with Crippen molar-refractivity contribution < 1.29 is 17.6 Å². The molecule has 0 fully saturated rings. The summed E-state index contributed by atoms with van der Waals surface area (Å²) in [5, 5.41) is -0.0637. The van der Waals surface area contributed by atoms with Crippen LogP contribution in [0.4, 0.5) is 23.4 Å². The predicted molar refractivity (Wildman–Crippen MR) is 80.2 cm³/mol. The lowest BCUT2D eigenvalue weighted by Gasteiger charge is -2.20. The van der Waals surface area contributed by atoms with E-state index < -0.39 is 17.8 Å². The minimum absolute atomic E-state index is 0.0327. The van der Waals surface area contributed by atoms with Crippen LogP contribution in [0.1, 0.15) is 11.4 Å². The molecule has 0 aliphatic heterocycles. The first-order chi connectivity index (χ1) is 11.3. The van der Waals surface area contributed by atoms with E-state index in [1.54, 1.807) is 7.05 Å². The van der Waals surface area contributed by atoms with Gasteiger partial charge in [0.15, 0.2) is 11.5 Å². The van der Waals surface area contributed by atoms with Crippen LogP contribution >= 0.6 is 11.6 Å². The van der Waals surface area contributed by atoms with Crippen molar-refractivity contribution in [3.05, 3.63) is 46.8 Å². The van der Waals surface area contributed by atoms with E-state index in [1.807, 2.05) is 0 Å². The fourth-order valence-corrected chi connectivity index (χ4v) is 2.41. The lowest BCUT2D eigenvalue weighted by atomic mass is 10.2. The molecule has 1 N–H and O–H groups in total. The molecule has 0 bridgehead atoms. The minimum atomic E-state index is -4.69. The molecule has 1 aromatic carbocycles. The first-order valence-corrected chi connectivity index (χ1v) is 7.07. The van der Waals surface area contributed by atoms with Crippen molar-refractivity contribution >= 4 is 28.6 Å². The van der Waals surface area contributed by atoms with Crippen molar-refractivity contribution in [2.24, 2.45) is 0 Å². The fourth-order valence-electron chi connectivity index (χ4n) is 2.21. The number of rotatable bonds is 3. The van der Waals surface area contributed by atoms with Gasteiger partial charge in [0.05, 0.1) is 11.3 Å². The highest BCUT2D eigenvalue weighted by molar-refractivity contribution is 6.30. The Labute approximate surface area is 138 Å². The highest BCUT2D eigenvalue weighted by atomic mass is 35.5. The largest absolute Gasteiger partial charge is 0.451 e. The van der Waals surface area contributed by atoms with E-state index in [4.69, 9.17) is 11.6 Å². The molecular formula is C14H10ClF4N5. The van der Waals surface area contributed by atoms with E-state index in [0.717, 1.165) is 0 Å². The van der Waals surface area contributed by atoms with Gasteiger partial charge in [-0.1, -0.05) is 17.7 Å². The summed E-state index contributed by atoms with van der Waals surface area (Å²) in [6.07, 6.45) is -3.45. The third-order valence-electron chi connectivity index (χ3n) is 3.29. The van der Waals surface area contributed by atoms with E-state index in [-0.39, 0.29) is 28.5 Å². The van der Waals surface area contributed by atoms with E-state index in [1.165, 1.54) is 29.4 Å². The second kappa shape index (κ2) is 5.90. The number of halogens is 5. The third kappa shape index (κ3) is 3.12. The number of aromatic nitrogens is 4. The molecule has 0 unspecified atom stereocenters. The second-order valence-corrected chi connectivity index (χ2v) is 5.48. The van der Waals surface area contributed by atoms with E-state index in [2.05, 4.69) is 19.9 Å². The molecule has 0 saturated carbocycles. The van der Waals surface area contributed by atoms with Crippen molar-refractivity contribution in [1.29, 1.82) is 0 Å². The molecular weight excluding hydrogens is 350 g/mol. The Morgan fingerprint density at radius 3 is 2.67 bits per heavy atom. The lowest BCUT2D eigenvalue weighted by Crippen LogP contribution is -2.21. The summed E-state index contributed by atoms with van der Waals surface area (Å²) < 4.78 is 52.1. The summed E-state index contributed by atoms with van der Waals surface area (Å²) in [4.78, 5) is 15.0. The molecule has 3 aromatic rings. The zero-order chi connectivity index (χ0) is 17.5. The van der Waals surface area contributed by atoms with Crippen LogP contribution in [0.15, 0.2) is 24.5 Å². The third-order valence-corrected chi connectivity index (χ3v) is 3.58. The maximum Gasteiger partial charge on any atom is 0.451 e. The SMILES string of the molecule is CN(Cc1ccc(F)c(Cl)c1)c1nc(C(F)(F)F)nc2nc[nH]c12. The van der Waals surface area contributed by atoms with Gasteiger partial charge in [0.2, 0.25) is 5.82 Å². The average molecular weight is 360 g/mol. The van der Waals surface area contributed by atoms with Gasteiger partial charge in [0, 0.05) is 13.6 Å². The summed E-state index contributed by atoms with van der Waals surface area (Å²) >= 11 is 5.72. The number of H-pyrrole nitrogens is 1. The van der Waals surface area contributed by atoms with Gasteiger partial charge in [-0.05, 0) is 17.7 Å². The van der Waals surface area contributed by atoms with Crippen LogP contribution in [0.3, 0.4) is 0 Å². The maximum atomic E-state index is 13.2. The van der Waals surface area contributed by atoms with Crippen LogP contribution < -0.4 is 4.90 Å². The number of nitrogens with zero attached hydrogens (tertiary/aromatic N) is 4. The molecule has 24 heavy (non-hydrogen) atoms. The van der Waals surface area contributed by atoms with Crippen molar-refractivity contribution in [3.63, 3.8) is 0 Å². The minimum Gasteiger partial charge on any atom is -0.353 e. The number of aromatic amines is 1. The van der Waals surface area contributed by atoms with Crippen LogP contribution in [0.2, 0.25) is 5.02 Å². The van der Waals surface area contributed by atoms with E-state index in [0.29, 0.717) is 5.56 Å². The van der Waals surface area contributed by atoms with E-state index in [9.17, 15) is 17.6 Å². The maximum absolute atomic E-state index is 13.2. The quantitative estimate of drug-likeness (QED) is 0.723. The monoisotopic (exact) mass is 359 g/mol. The van der Waals surface area contributed by atoms with Gasteiger partial charge in [-0.15, -0.1) is 0 Å². The Hall–Kier alpha value is -2.42. The van der Waals surface area contributed by atoms with E-state index >= 15 is 0 Å². The second-order valence-electron chi connectivity index (χ2n) is 5.07. The van der Waals surface area contributed by atoms with Gasteiger partial charge < -0.3 is 9.88 Å². The summed E-state index contributed by atoms with van der Waals surface area (Å²) in [7, 11) is 1.56. The summed E-state index contributed by atoms with van der Waals surface area (Å²) in [5.41, 5.74) is 0.804. The van der Waals surface area contributed by atoms with Crippen molar-refractivity contribution in [2.45, 2.75) is 12.7 Å². The van der Waals surface area contributed by atoms with Gasteiger partial charge >= 0.3 is 6.18 Å². The number of hydrogen-bond donors (Lipinski definition) is 1. The van der Waals surface area contributed by atoms with Crippen LogP contribution in [0.5, 0.6) is 0 Å². The first-order valence-electron chi connectivity index (χ1n) is 6.69. The molecule has 2 aromatic heterocycles. The summed E-state index contributed by atoms with van der Waals surface area (Å²) in [6, 6.07) is 4.09. The topological polar surface area (TPSA) is 57.7 Å². The average Bonchev–Trinajstić information content (AvgIpc) is 2.97. The van der Waals surface area contributed by atoms with Crippen LogP contribution in [0.25, 0.3) is 11.2 Å². The summed E-state index contributed by atoms with van der Waals surface area (Å²) in [6.45, 7) is 0.169. The zero-order valence-corrected chi connectivity index (χ0v) is 13.0. The number of anilines is 1. The van der Waals surface area contributed by atoms with Gasteiger partial charge in [-0.2, -0.15) is 13.2 Å². The van der Waals surface area contributed by atoms with Gasteiger partial charge in [-0.3, -0.25) is 0 Å². The molecule has 3 rings (SSSR count). The number of nitrogens with one attached hydrogen (secondary N) is 1. The molecule has 0 aliphatic carbocycles. The molecule has 126 valence electrons. The Morgan fingerprint density at radius 2 is 2.00 bits per heavy atom. The Bertz CT molecular complexity index is 892. The molecule has 2 heterocycles. The first kappa shape index (κ1) is 16.4. The molecule has 0 aliphatic rings. The number of hydrogen-bond acceptors (Lipinski definition) is 4. The molecule has 0 amide bonds. The predicted octanol–water partition coefficient (Wildman–Crippen LogP) is 3.80. The van der Waals surface area contributed by atoms with Gasteiger partial charge in [0.25, 0.3) is 0 Å². The normalized spacial score (nSPS) is 11.9. The highest BCUT2D eigenvalue weighted by Crippen LogP contribution is 2.30. The van der Waals surface area contributed by atoms with Crippen molar-refractivity contribution in [1.82, 2.24) is 19.9 Å². The fraction of sp³-hybridized carbons (Fsp3) is 0.214. The highest BCUT2D eigenvalue weighted by Gasteiger charge is 2.36. The molecule has 0 atom stereocenters. The Morgan fingerprint density at radius 1 is 1.25 bits per heavy atom. The van der Waals surface area contributed by atoms with Crippen LogP contribution in [-0.4, -0.2) is 27.0 Å². The molecule has 10 heteroatoms. The number of benzene rings is 1. The standard InChI is InChI=1S/C14H10ClF4N5/c1-24(5-7-2-3-9(16)8(15)4-7)12-10-11(21-6-20-10)22-13(23-12)14(17,18)19/h2-4,6H,5H2,1H3,(H,20,21,22,23). The molecule has 5 nitrogen and oxygen atoms in total. The Kier molecular flexibility index (Phi) is 4.04. The molecule has 0 radical (unpaired) electrons. The number of fused-ring (bicyclic) bond motifs is 1. The van der Waals surface area contributed by atoms with Gasteiger partial charge in [0.1, 0.15) is 11.3 Å². The zero-order valence-electron chi connectivity index (χ0n) is 12.2. The lowest BCUT2D eigenvalue weighted by molar-refractivity contribution is -0.144.